The Labute approximate surface area is 139 Å². The van der Waals surface area contributed by atoms with Crippen molar-refractivity contribution in [2.45, 2.75) is 39.3 Å². The van der Waals surface area contributed by atoms with E-state index in [1.807, 2.05) is 18.7 Å². The van der Waals surface area contributed by atoms with Crippen LogP contribution in [0.5, 0.6) is 0 Å². The van der Waals surface area contributed by atoms with Crippen molar-refractivity contribution in [1.29, 1.82) is 0 Å². The van der Waals surface area contributed by atoms with Crippen LogP contribution in [0.4, 0.5) is 0 Å². The lowest BCUT2D eigenvalue weighted by Crippen LogP contribution is -2.51. The smallest absolute Gasteiger partial charge is 0.246 e. The number of fused-ring (bicyclic) bond motifs is 1. The summed E-state index contributed by atoms with van der Waals surface area (Å²) in [5.41, 5.74) is 1.27. The Balaban J connectivity index is 1.70. The van der Waals surface area contributed by atoms with E-state index in [1.165, 1.54) is 10.4 Å². The zero-order valence-corrected chi connectivity index (χ0v) is 14.7. The van der Waals surface area contributed by atoms with Gasteiger partial charge in [-0.15, -0.1) is 23.1 Å². The van der Waals surface area contributed by atoms with E-state index in [0.29, 0.717) is 12.4 Å². The lowest BCUT2D eigenvalue weighted by Gasteiger charge is -2.33. The summed E-state index contributed by atoms with van der Waals surface area (Å²) in [5.74, 6) is 1.63. The van der Waals surface area contributed by atoms with Gasteiger partial charge in [0, 0.05) is 29.6 Å². The van der Waals surface area contributed by atoms with Crippen LogP contribution in [0.1, 0.15) is 30.7 Å². The molecule has 0 aromatic carbocycles. The van der Waals surface area contributed by atoms with E-state index in [-0.39, 0.29) is 23.8 Å². The van der Waals surface area contributed by atoms with Gasteiger partial charge < -0.3 is 9.80 Å². The third-order valence-electron chi connectivity index (χ3n) is 4.60. The summed E-state index contributed by atoms with van der Waals surface area (Å²) < 4.78 is 0. The van der Waals surface area contributed by atoms with E-state index in [2.05, 4.69) is 11.4 Å². The summed E-state index contributed by atoms with van der Waals surface area (Å²) in [4.78, 5) is 30.5. The molecule has 0 saturated carbocycles. The molecule has 2 unspecified atom stereocenters. The van der Waals surface area contributed by atoms with Crippen LogP contribution in [-0.4, -0.2) is 45.8 Å². The topological polar surface area (TPSA) is 40.6 Å². The van der Waals surface area contributed by atoms with Gasteiger partial charge in [0.1, 0.15) is 6.04 Å². The molecule has 0 spiro atoms. The molecule has 0 bridgehead atoms. The number of rotatable bonds is 3. The summed E-state index contributed by atoms with van der Waals surface area (Å²) >= 11 is 3.46. The number of amides is 2. The maximum Gasteiger partial charge on any atom is 0.246 e. The maximum atomic E-state index is 12.9. The first-order valence-corrected chi connectivity index (χ1v) is 9.87. The zero-order chi connectivity index (χ0) is 15.7. The van der Waals surface area contributed by atoms with E-state index in [1.54, 1.807) is 28.0 Å². The SMILES string of the molecule is CCC(C)C(=O)N1CSCC1C(=O)N1CCc2sccc2C1. The molecule has 1 aromatic heterocycles. The average Bonchev–Trinajstić information content (AvgIpc) is 3.20. The molecular weight excluding hydrogens is 316 g/mol. The third kappa shape index (κ3) is 2.91. The van der Waals surface area contributed by atoms with Crippen LogP contribution in [0.2, 0.25) is 0 Å². The molecule has 1 saturated heterocycles. The first-order chi connectivity index (χ1) is 10.6. The highest BCUT2D eigenvalue weighted by atomic mass is 32.2. The van der Waals surface area contributed by atoms with Crippen LogP contribution in [0.3, 0.4) is 0 Å². The van der Waals surface area contributed by atoms with Crippen molar-refractivity contribution < 1.29 is 9.59 Å². The Kier molecular flexibility index (Phi) is 4.78. The fourth-order valence-electron chi connectivity index (χ4n) is 2.97. The molecular formula is C16H22N2O2S2. The molecule has 1 aromatic rings. The highest BCUT2D eigenvalue weighted by Crippen LogP contribution is 2.28. The summed E-state index contributed by atoms with van der Waals surface area (Å²) in [7, 11) is 0. The van der Waals surface area contributed by atoms with Gasteiger partial charge in [-0.1, -0.05) is 13.8 Å². The Morgan fingerprint density at radius 3 is 3.05 bits per heavy atom. The molecule has 0 radical (unpaired) electrons. The molecule has 22 heavy (non-hydrogen) atoms. The molecule has 2 aliphatic rings. The van der Waals surface area contributed by atoms with Gasteiger partial charge in [0.2, 0.25) is 11.8 Å². The molecule has 120 valence electrons. The van der Waals surface area contributed by atoms with Crippen molar-refractivity contribution in [3.8, 4) is 0 Å². The fraction of sp³-hybridized carbons (Fsp3) is 0.625. The van der Waals surface area contributed by atoms with E-state index in [4.69, 9.17) is 0 Å². The largest absolute Gasteiger partial charge is 0.336 e. The number of nitrogens with zero attached hydrogens (tertiary/aromatic N) is 2. The number of thiophene rings is 1. The van der Waals surface area contributed by atoms with Crippen molar-refractivity contribution >= 4 is 34.9 Å². The molecule has 0 N–H and O–H groups in total. The molecule has 3 rings (SSSR count). The Hall–Kier alpha value is -1.01. The van der Waals surface area contributed by atoms with Crippen LogP contribution < -0.4 is 0 Å². The minimum Gasteiger partial charge on any atom is -0.336 e. The molecule has 2 atom stereocenters. The third-order valence-corrected chi connectivity index (χ3v) is 6.64. The van der Waals surface area contributed by atoms with Crippen LogP contribution in [-0.2, 0) is 22.6 Å². The lowest BCUT2D eigenvalue weighted by atomic mass is 10.1. The minimum atomic E-state index is -0.272. The molecule has 1 fully saturated rings. The Morgan fingerprint density at radius 1 is 1.45 bits per heavy atom. The molecule has 0 aliphatic carbocycles. The predicted molar refractivity (Wildman–Crippen MR) is 90.9 cm³/mol. The van der Waals surface area contributed by atoms with Crippen LogP contribution >= 0.6 is 23.1 Å². The maximum absolute atomic E-state index is 12.9. The van der Waals surface area contributed by atoms with Gasteiger partial charge in [0.05, 0.1) is 5.88 Å². The van der Waals surface area contributed by atoms with Crippen LogP contribution in [0.25, 0.3) is 0 Å². The first-order valence-electron chi connectivity index (χ1n) is 7.84. The lowest BCUT2D eigenvalue weighted by molar-refractivity contribution is -0.145. The van der Waals surface area contributed by atoms with Gasteiger partial charge >= 0.3 is 0 Å². The highest BCUT2D eigenvalue weighted by molar-refractivity contribution is 7.99. The van der Waals surface area contributed by atoms with Gasteiger partial charge in [-0.2, -0.15) is 0 Å². The van der Waals surface area contributed by atoms with Gasteiger partial charge in [-0.25, -0.2) is 0 Å². The second-order valence-corrected chi connectivity index (χ2v) is 8.01. The van der Waals surface area contributed by atoms with Crippen molar-refractivity contribution in [1.82, 2.24) is 9.80 Å². The standard InChI is InChI=1S/C16H22N2O2S2/c1-3-11(2)15(19)18-10-21-9-13(18)16(20)17-6-4-14-12(8-17)5-7-22-14/h5,7,11,13H,3-4,6,8-10H2,1-2H3. The molecule has 2 amide bonds. The second-order valence-electron chi connectivity index (χ2n) is 6.01. The van der Waals surface area contributed by atoms with Gasteiger partial charge in [-0.05, 0) is 29.9 Å². The normalized spacial score (nSPS) is 22.5. The van der Waals surface area contributed by atoms with Gasteiger partial charge in [-0.3, -0.25) is 9.59 Å². The minimum absolute atomic E-state index is 0.00108. The quantitative estimate of drug-likeness (QED) is 0.850. The summed E-state index contributed by atoms with van der Waals surface area (Å²) in [5, 5.41) is 2.10. The predicted octanol–water partition coefficient (Wildman–Crippen LogP) is 2.58. The van der Waals surface area contributed by atoms with Crippen molar-refractivity contribution in [2.24, 2.45) is 5.92 Å². The average molecular weight is 338 g/mol. The van der Waals surface area contributed by atoms with E-state index >= 15 is 0 Å². The summed E-state index contributed by atoms with van der Waals surface area (Å²) in [6, 6.07) is 1.84. The molecule has 4 nitrogen and oxygen atoms in total. The molecule has 3 heterocycles. The van der Waals surface area contributed by atoms with Crippen LogP contribution in [0.15, 0.2) is 11.4 Å². The van der Waals surface area contributed by atoms with Crippen LogP contribution in [0, 0.1) is 5.92 Å². The zero-order valence-electron chi connectivity index (χ0n) is 13.1. The van der Waals surface area contributed by atoms with E-state index in [0.717, 1.165) is 25.1 Å². The summed E-state index contributed by atoms with van der Waals surface area (Å²) in [6.45, 7) is 5.44. The Bertz CT molecular complexity index is 572. The number of hydrogen-bond acceptors (Lipinski definition) is 4. The second kappa shape index (κ2) is 6.62. The van der Waals surface area contributed by atoms with Crippen molar-refractivity contribution in [3.63, 3.8) is 0 Å². The first kappa shape index (κ1) is 15.9. The highest BCUT2D eigenvalue weighted by Gasteiger charge is 2.38. The Morgan fingerprint density at radius 2 is 2.27 bits per heavy atom. The van der Waals surface area contributed by atoms with Crippen molar-refractivity contribution in [2.75, 3.05) is 18.2 Å². The summed E-state index contributed by atoms with van der Waals surface area (Å²) in [6.07, 6.45) is 1.76. The van der Waals surface area contributed by atoms with E-state index < -0.39 is 0 Å². The number of hydrogen-bond donors (Lipinski definition) is 0. The van der Waals surface area contributed by atoms with Crippen molar-refractivity contribution in [3.05, 3.63) is 21.9 Å². The monoisotopic (exact) mass is 338 g/mol. The number of carbonyl (C=O) groups excluding carboxylic acids is 2. The number of carbonyl (C=O) groups is 2. The fourth-order valence-corrected chi connectivity index (χ4v) is 5.01. The van der Waals surface area contributed by atoms with Gasteiger partial charge in [0.15, 0.2) is 0 Å². The molecule has 6 heteroatoms. The number of thioether (sulfide) groups is 1. The van der Waals surface area contributed by atoms with Gasteiger partial charge in [0.25, 0.3) is 0 Å². The van der Waals surface area contributed by atoms with E-state index in [9.17, 15) is 9.59 Å². The molecule has 2 aliphatic heterocycles.